The standard InChI is InChI=1S/C18H17N3O2/c22-15-7-3-13(4-8-15)17-12-21(14-5-9-16(23)10-6-14)19-18-2-1-11-20(17)18/h3-10,12,22-23H,1-2,11H2. The Morgan fingerprint density at radius 2 is 1.52 bits per heavy atom. The Balaban J connectivity index is 1.76. The highest BCUT2D eigenvalue weighted by atomic mass is 16.3. The fourth-order valence-corrected chi connectivity index (χ4v) is 2.96. The average molecular weight is 307 g/mol. The van der Waals surface area contributed by atoms with Gasteiger partial charge in [-0.3, -0.25) is 0 Å². The van der Waals surface area contributed by atoms with Crippen molar-refractivity contribution in [2.75, 3.05) is 11.6 Å². The predicted molar refractivity (Wildman–Crippen MR) is 90.0 cm³/mol. The Morgan fingerprint density at radius 3 is 2.22 bits per heavy atom. The van der Waals surface area contributed by atoms with Crippen molar-refractivity contribution < 1.29 is 10.2 Å². The van der Waals surface area contributed by atoms with E-state index in [4.69, 9.17) is 5.10 Å². The summed E-state index contributed by atoms with van der Waals surface area (Å²) in [5.41, 5.74) is 3.01. The molecule has 2 aliphatic rings. The first kappa shape index (κ1) is 13.7. The molecule has 2 aromatic carbocycles. The number of hydrogen-bond donors (Lipinski definition) is 2. The number of phenolic OH excluding ortho intramolecular Hbond substituents is 2. The highest BCUT2D eigenvalue weighted by Gasteiger charge is 2.28. The monoisotopic (exact) mass is 307 g/mol. The van der Waals surface area contributed by atoms with Crippen LogP contribution in [0.3, 0.4) is 0 Å². The van der Waals surface area contributed by atoms with E-state index in [2.05, 4.69) is 4.90 Å². The summed E-state index contributed by atoms with van der Waals surface area (Å²) in [5.74, 6) is 1.54. The molecule has 0 bridgehead atoms. The van der Waals surface area contributed by atoms with E-state index in [-0.39, 0.29) is 11.5 Å². The summed E-state index contributed by atoms with van der Waals surface area (Å²) in [4.78, 5) is 2.23. The van der Waals surface area contributed by atoms with Crippen LogP contribution in [0.2, 0.25) is 0 Å². The first-order valence-electron chi connectivity index (χ1n) is 7.65. The second-order valence-electron chi connectivity index (χ2n) is 5.69. The molecule has 0 saturated carbocycles. The van der Waals surface area contributed by atoms with Crippen LogP contribution in [-0.4, -0.2) is 27.5 Å². The van der Waals surface area contributed by atoms with Crippen LogP contribution >= 0.6 is 0 Å². The van der Waals surface area contributed by atoms with Gasteiger partial charge in [0.15, 0.2) is 0 Å². The number of fused-ring (bicyclic) bond motifs is 1. The van der Waals surface area contributed by atoms with Crippen molar-refractivity contribution in [1.29, 1.82) is 0 Å². The Hall–Kier alpha value is -2.95. The van der Waals surface area contributed by atoms with Crippen LogP contribution in [-0.2, 0) is 0 Å². The zero-order chi connectivity index (χ0) is 15.8. The minimum atomic E-state index is 0.239. The lowest BCUT2D eigenvalue weighted by Gasteiger charge is -2.30. The number of benzene rings is 2. The van der Waals surface area contributed by atoms with Crippen LogP contribution in [0.5, 0.6) is 11.5 Å². The molecule has 0 radical (unpaired) electrons. The number of hydrogen-bond acceptors (Lipinski definition) is 5. The van der Waals surface area contributed by atoms with E-state index in [9.17, 15) is 10.2 Å². The Morgan fingerprint density at radius 1 is 0.870 bits per heavy atom. The van der Waals surface area contributed by atoms with Gasteiger partial charge in [-0.25, -0.2) is 5.01 Å². The zero-order valence-electron chi connectivity index (χ0n) is 12.6. The fourth-order valence-electron chi connectivity index (χ4n) is 2.96. The lowest BCUT2D eigenvalue weighted by atomic mass is 10.1. The van der Waals surface area contributed by atoms with E-state index in [1.54, 1.807) is 24.3 Å². The van der Waals surface area contributed by atoms with Gasteiger partial charge in [0.05, 0.1) is 17.6 Å². The molecule has 5 heteroatoms. The lowest BCUT2D eigenvalue weighted by molar-refractivity contribution is 0.474. The molecule has 1 saturated heterocycles. The molecule has 2 heterocycles. The van der Waals surface area contributed by atoms with Gasteiger partial charge in [0, 0.05) is 18.5 Å². The smallest absolute Gasteiger partial charge is 0.130 e. The van der Waals surface area contributed by atoms with Crippen LogP contribution < -0.4 is 5.01 Å². The molecule has 0 aliphatic carbocycles. The number of anilines is 1. The molecule has 0 aromatic heterocycles. The molecule has 0 spiro atoms. The highest BCUT2D eigenvalue weighted by molar-refractivity contribution is 5.95. The summed E-state index contributed by atoms with van der Waals surface area (Å²) >= 11 is 0. The van der Waals surface area contributed by atoms with E-state index in [1.807, 2.05) is 35.5 Å². The molecule has 2 N–H and O–H groups in total. The molecular formula is C18H17N3O2. The van der Waals surface area contributed by atoms with E-state index >= 15 is 0 Å². The van der Waals surface area contributed by atoms with Gasteiger partial charge >= 0.3 is 0 Å². The van der Waals surface area contributed by atoms with Crippen molar-refractivity contribution in [1.82, 2.24) is 4.90 Å². The van der Waals surface area contributed by atoms with Gasteiger partial charge in [0.1, 0.15) is 17.3 Å². The zero-order valence-corrected chi connectivity index (χ0v) is 12.6. The lowest BCUT2D eigenvalue weighted by Crippen LogP contribution is -2.31. The van der Waals surface area contributed by atoms with Crippen LogP contribution in [0.1, 0.15) is 18.4 Å². The summed E-state index contributed by atoms with van der Waals surface area (Å²) in [7, 11) is 0. The highest BCUT2D eigenvalue weighted by Crippen LogP contribution is 2.33. The van der Waals surface area contributed by atoms with E-state index in [1.165, 1.54) is 0 Å². The van der Waals surface area contributed by atoms with E-state index in [0.717, 1.165) is 42.2 Å². The summed E-state index contributed by atoms with van der Waals surface area (Å²) < 4.78 is 0. The largest absolute Gasteiger partial charge is 0.508 e. The Bertz CT molecular complexity index is 779. The van der Waals surface area contributed by atoms with Crippen LogP contribution in [0.25, 0.3) is 5.70 Å². The fraction of sp³-hybridized carbons (Fsp3) is 0.167. The van der Waals surface area contributed by atoms with Crippen molar-refractivity contribution in [3.05, 3.63) is 60.3 Å². The van der Waals surface area contributed by atoms with Crippen LogP contribution in [0, 0.1) is 0 Å². The van der Waals surface area contributed by atoms with Crippen LogP contribution in [0.4, 0.5) is 5.69 Å². The molecule has 5 nitrogen and oxygen atoms in total. The number of amidine groups is 1. The molecule has 0 atom stereocenters. The van der Waals surface area contributed by atoms with E-state index < -0.39 is 0 Å². The molecule has 4 rings (SSSR count). The van der Waals surface area contributed by atoms with Gasteiger partial charge in [-0.1, -0.05) is 0 Å². The molecule has 116 valence electrons. The van der Waals surface area contributed by atoms with Crippen molar-refractivity contribution in [2.24, 2.45) is 5.10 Å². The third kappa shape index (κ3) is 2.50. The average Bonchev–Trinajstić information content (AvgIpc) is 3.04. The Kier molecular flexibility index (Phi) is 3.19. The number of nitrogens with zero attached hydrogens (tertiary/aromatic N) is 3. The normalized spacial score (nSPS) is 16.9. The maximum absolute atomic E-state index is 9.51. The molecule has 0 unspecified atom stereocenters. The van der Waals surface area contributed by atoms with Gasteiger partial charge in [-0.2, -0.15) is 5.10 Å². The van der Waals surface area contributed by atoms with Crippen LogP contribution in [0.15, 0.2) is 59.8 Å². The van der Waals surface area contributed by atoms with Gasteiger partial charge in [-0.15, -0.1) is 0 Å². The minimum absolute atomic E-state index is 0.239. The second-order valence-corrected chi connectivity index (χ2v) is 5.69. The quantitative estimate of drug-likeness (QED) is 0.893. The van der Waals surface area contributed by atoms with Gasteiger partial charge < -0.3 is 15.1 Å². The second kappa shape index (κ2) is 5.35. The van der Waals surface area contributed by atoms with Crippen molar-refractivity contribution in [3.63, 3.8) is 0 Å². The van der Waals surface area contributed by atoms with Crippen molar-refractivity contribution >= 4 is 17.2 Å². The molecule has 2 aromatic rings. The summed E-state index contributed by atoms with van der Waals surface area (Å²) in [6.45, 7) is 0.953. The third-order valence-electron chi connectivity index (χ3n) is 4.13. The molecule has 1 fully saturated rings. The molecular weight excluding hydrogens is 290 g/mol. The van der Waals surface area contributed by atoms with Gasteiger partial charge in [-0.05, 0) is 55.0 Å². The van der Waals surface area contributed by atoms with Gasteiger partial charge in [0.25, 0.3) is 0 Å². The maximum atomic E-state index is 9.51. The molecule has 0 amide bonds. The first-order chi connectivity index (χ1) is 11.2. The first-order valence-corrected chi connectivity index (χ1v) is 7.65. The van der Waals surface area contributed by atoms with E-state index in [0.29, 0.717) is 0 Å². The number of aromatic hydroxyl groups is 2. The van der Waals surface area contributed by atoms with Gasteiger partial charge in [0.2, 0.25) is 0 Å². The SMILES string of the molecule is Oc1ccc(C2=CN(c3ccc(O)cc3)N=C3CCCN23)cc1. The topological polar surface area (TPSA) is 59.3 Å². The van der Waals surface area contributed by atoms with Crippen molar-refractivity contribution in [3.8, 4) is 11.5 Å². The summed E-state index contributed by atoms with van der Waals surface area (Å²) in [5, 5.41) is 25.5. The third-order valence-corrected chi connectivity index (χ3v) is 4.13. The minimum Gasteiger partial charge on any atom is -0.508 e. The summed E-state index contributed by atoms with van der Waals surface area (Å²) in [6, 6.07) is 14.2. The maximum Gasteiger partial charge on any atom is 0.130 e. The number of hydrazone groups is 1. The molecule has 23 heavy (non-hydrogen) atoms. The van der Waals surface area contributed by atoms with Crippen molar-refractivity contribution in [2.45, 2.75) is 12.8 Å². The summed E-state index contributed by atoms with van der Waals surface area (Å²) in [6.07, 6.45) is 4.02. The predicted octanol–water partition coefficient (Wildman–Crippen LogP) is 3.33. The Labute approximate surface area is 134 Å². The number of phenols is 2. The molecule has 2 aliphatic heterocycles. The number of rotatable bonds is 2.